The lowest BCUT2D eigenvalue weighted by molar-refractivity contribution is 0.0999. The van der Waals surface area contributed by atoms with Crippen molar-refractivity contribution in [1.82, 2.24) is 4.98 Å². The number of pyridine rings is 1. The molecule has 0 aliphatic carbocycles. The molecule has 0 aliphatic rings. The van der Waals surface area contributed by atoms with Crippen molar-refractivity contribution in [2.75, 3.05) is 7.11 Å². The van der Waals surface area contributed by atoms with Gasteiger partial charge in [-0.3, -0.25) is 9.78 Å². The van der Waals surface area contributed by atoms with Gasteiger partial charge in [0.1, 0.15) is 18.1 Å². The molecule has 30 heavy (non-hydrogen) atoms. The zero-order valence-corrected chi connectivity index (χ0v) is 16.9. The lowest BCUT2D eigenvalue weighted by Gasteiger charge is -2.10. The van der Waals surface area contributed by atoms with Crippen LogP contribution < -0.4 is 15.2 Å². The molecular weight excluding hydrogens is 376 g/mol. The number of hydrogen-bond acceptors (Lipinski definition) is 4. The smallest absolute Gasteiger partial charge is 0.248 e. The molecule has 4 rings (SSSR count). The number of fused-ring (bicyclic) bond motifs is 1. The molecule has 0 saturated carbocycles. The zero-order chi connectivity index (χ0) is 21.1. The van der Waals surface area contributed by atoms with Crippen LogP contribution in [0, 0.1) is 6.92 Å². The Morgan fingerprint density at radius 1 is 0.933 bits per heavy atom. The minimum Gasteiger partial charge on any atom is -0.497 e. The molecule has 2 N–H and O–H groups in total. The van der Waals surface area contributed by atoms with Gasteiger partial charge in [-0.25, -0.2) is 0 Å². The number of carbonyl (C=O) groups is 1. The third kappa shape index (κ3) is 4.10. The molecule has 150 valence electrons. The normalized spacial score (nSPS) is 10.7. The number of benzene rings is 3. The van der Waals surface area contributed by atoms with E-state index in [1.54, 1.807) is 19.4 Å². The lowest BCUT2D eigenvalue weighted by Crippen LogP contribution is -2.12. The van der Waals surface area contributed by atoms with E-state index in [0.29, 0.717) is 12.2 Å². The molecular formula is C25H22N2O3. The molecule has 1 heterocycles. The molecule has 4 aromatic rings. The lowest BCUT2D eigenvalue weighted by atomic mass is 10.0. The Hall–Kier alpha value is -3.86. The number of aromatic nitrogens is 1. The van der Waals surface area contributed by atoms with Crippen molar-refractivity contribution in [3.8, 4) is 22.8 Å². The third-order valence-electron chi connectivity index (χ3n) is 5.04. The number of rotatable bonds is 6. The summed E-state index contributed by atoms with van der Waals surface area (Å²) in [5, 5.41) is 2.19. The molecule has 3 aromatic carbocycles. The zero-order valence-electron chi connectivity index (χ0n) is 16.9. The Morgan fingerprint density at radius 3 is 2.43 bits per heavy atom. The predicted octanol–water partition coefficient (Wildman–Crippen LogP) is 4.90. The second kappa shape index (κ2) is 8.25. The number of primary amides is 1. The van der Waals surface area contributed by atoms with E-state index in [0.717, 1.165) is 44.7 Å². The average Bonchev–Trinajstić information content (AvgIpc) is 2.77. The van der Waals surface area contributed by atoms with E-state index in [4.69, 9.17) is 15.2 Å². The van der Waals surface area contributed by atoms with Gasteiger partial charge in [-0.15, -0.1) is 0 Å². The molecule has 5 heteroatoms. The van der Waals surface area contributed by atoms with Crippen LogP contribution in [0.15, 0.2) is 72.9 Å². The molecule has 0 fully saturated rings. The Morgan fingerprint density at radius 2 is 1.70 bits per heavy atom. The summed E-state index contributed by atoms with van der Waals surface area (Å²) in [7, 11) is 1.66. The highest BCUT2D eigenvalue weighted by molar-refractivity contribution is 5.94. The highest BCUT2D eigenvalue weighted by Gasteiger charge is 2.08. The maximum atomic E-state index is 11.4. The van der Waals surface area contributed by atoms with E-state index >= 15 is 0 Å². The Bertz CT molecular complexity index is 1230. The second-order valence-electron chi connectivity index (χ2n) is 7.11. The minimum atomic E-state index is -0.429. The summed E-state index contributed by atoms with van der Waals surface area (Å²) in [5.74, 6) is 1.18. The van der Waals surface area contributed by atoms with Gasteiger partial charge in [0.25, 0.3) is 0 Å². The number of nitrogens with two attached hydrogens (primary N) is 1. The summed E-state index contributed by atoms with van der Waals surface area (Å²) in [5.41, 5.74) is 9.49. The van der Waals surface area contributed by atoms with Crippen molar-refractivity contribution in [1.29, 1.82) is 0 Å². The summed E-state index contributed by atoms with van der Waals surface area (Å²) in [6.45, 7) is 2.29. The van der Waals surface area contributed by atoms with E-state index < -0.39 is 5.91 Å². The second-order valence-corrected chi connectivity index (χ2v) is 7.11. The Kier molecular flexibility index (Phi) is 5.35. The monoisotopic (exact) mass is 398 g/mol. The number of aryl methyl sites for hydroxylation is 1. The van der Waals surface area contributed by atoms with Crippen molar-refractivity contribution in [3.05, 3.63) is 89.6 Å². The van der Waals surface area contributed by atoms with Crippen LogP contribution in [0.25, 0.3) is 22.0 Å². The van der Waals surface area contributed by atoms with E-state index in [1.165, 1.54) is 0 Å². The van der Waals surface area contributed by atoms with Crippen LogP contribution in [-0.4, -0.2) is 18.0 Å². The van der Waals surface area contributed by atoms with E-state index in [9.17, 15) is 4.79 Å². The molecule has 0 radical (unpaired) electrons. The average molecular weight is 398 g/mol. The topological polar surface area (TPSA) is 74.4 Å². The van der Waals surface area contributed by atoms with Gasteiger partial charge in [0, 0.05) is 17.3 Å². The van der Waals surface area contributed by atoms with Crippen LogP contribution in [0.3, 0.4) is 0 Å². The fraction of sp³-hybridized carbons (Fsp3) is 0.120. The van der Waals surface area contributed by atoms with E-state index in [2.05, 4.69) is 4.98 Å². The molecule has 0 atom stereocenters. The first kappa shape index (κ1) is 19.5. The summed E-state index contributed by atoms with van der Waals surface area (Å²) in [4.78, 5) is 15.9. The molecule has 5 nitrogen and oxygen atoms in total. The highest BCUT2D eigenvalue weighted by atomic mass is 16.5. The molecule has 0 saturated heterocycles. The third-order valence-corrected chi connectivity index (χ3v) is 5.04. The van der Waals surface area contributed by atoms with Crippen molar-refractivity contribution in [2.24, 2.45) is 5.73 Å². The SMILES string of the molecule is COc1ccc2ccc(OCc3ccnc(-c4ccc(C(N)=O)c(C)c4)c3)cc2c1. The standard InChI is InChI=1S/C25H22N2O3/c1-16-11-19(5-8-23(16)25(26)28)24-12-17(9-10-27-24)15-30-22-7-4-18-3-6-21(29-2)13-20(18)14-22/h3-14H,15H2,1-2H3,(H2,26,28). The van der Waals surface area contributed by atoms with Crippen LogP contribution >= 0.6 is 0 Å². The number of ether oxygens (including phenoxy) is 2. The van der Waals surface area contributed by atoms with Crippen molar-refractivity contribution in [3.63, 3.8) is 0 Å². The van der Waals surface area contributed by atoms with Gasteiger partial charge >= 0.3 is 0 Å². The van der Waals surface area contributed by atoms with Crippen molar-refractivity contribution < 1.29 is 14.3 Å². The quantitative estimate of drug-likeness (QED) is 0.501. The summed E-state index contributed by atoms with van der Waals surface area (Å²) in [6.07, 6.45) is 1.76. The Balaban J connectivity index is 1.53. The van der Waals surface area contributed by atoms with Gasteiger partial charge in [-0.2, -0.15) is 0 Å². The molecule has 1 aromatic heterocycles. The van der Waals surface area contributed by atoms with Crippen LogP contribution in [0.2, 0.25) is 0 Å². The first-order valence-corrected chi connectivity index (χ1v) is 9.60. The number of carbonyl (C=O) groups excluding carboxylic acids is 1. The number of nitrogens with zero attached hydrogens (tertiary/aromatic N) is 1. The summed E-state index contributed by atoms with van der Waals surface area (Å²) in [6, 6.07) is 21.4. The van der Waals surface area contributed by atoms with Crippen LogP contribution in [0.1, 0.15) is 21.5 Å². The number of amides is 1. The molecule has 0 spiro atoms. The van der Waals surface area contributed by atoms with Crippen LogP contribution in [0.5, 0.6) is 11.5 Å². The fourth-order valence-electron chi connectivity index (χ4n) is 3.41. The molecule has 0 aliphatic heterocycles. The minimum absolute atomic E-state index is 0.420. The van der Waals surface area contributed by atoms with Crippen LogP contribution in [-0.2, 0) is 6.61 Å². The molecule has 0 bridgehead atoms. The highest BCUT2D eigenvalue weighted by Crippen LogP contribution is 2.26. The molecule has 1 amide bonds. The van der Waals surface area contributed by atoms with Gasteiger partial charge < -0.3 is 15.2 Å². The van der Waals surface area contributed by atoms with Gasteiger partial charge in [-0.1, -0.05) is 18.2 Å². The predicted molar refractivity (Wildman–Crippen MR) is 118 cm³/mol. The van der Waals surface area contributed by atoms with Gasteiger partial charge in [-0.05, 0) is 77.4 Å². The van der Waals surface area contributed by atoms with E-state index in [1.807, 2.05) is 67.6 Å². The number of methoxy groups -OCH3 is 1. The fourth-order valence-corrected chi connectivity index (χ4v) is 3.41. The first-order valence-electron chi connectivity index (χ1n) is 9.60. The number of hydrogen-bond donors (Lipinski definition) is 1. The van der Waals surface area contributed by atoms with Gasteiger partial charge in [0.15, 0.2) is 0 Å². The largest absolute Gasteiger partial charge is 0.497 e. The van der Waals surface area contributed by atoms with Gasteiger partial charge in [0.05, 0.1) is 12.8 Å². The summed E-state index contributed by atoms with van der Waals surface area (Å²) < 4.78 is 11.3. The van der Waals surface area contributed by atoms with E-state index in [-0.39, 0.29) is 0 Å². The maximum absolute atomic E-state index is 11.4. The first-order chi connectivity index (χ1) is 14.5. The van der Waals surface area contributed by atoms with Crippen LogP contribution in [0.4, 0.5) is 0 Å². The van der Waals surface area contributed by atoms with Crippen molar-refractivity contribution in [2.45, 2.75) is 13.5 Å². The maximum Gasteiger partial charge on any atom is 0.248 e. The Labute approximate surface area is 175 Å². The molecule has 0 unspecified atom stereocenters. The van der Waals surface area contributed by atoms with Gasteiger partial charge in [0.2, 0.25) is 5.91 Å². The van der Waals surface area contributed by atoms with Crippen molar-refractivity contribution >= 4 is 16.7 Å². The summed E-state index contributed by atoms with van der Waals surface area (Å²) >= 11 is 0.